The van der Waals surface area contributed by atoms with E-state index < -0.39 is 12.1 Å². The van der Waals surface area contributed by atoms with Crippen molar-refractivity contribution in [3.05, 3.63) is 12.2 Å². The smallest absolute Gasteiger partial charge is 0.404 e. The zero-order valence-electron chi connectivity index (χ0n) is 7.70. The first-order chi connectivity index (χ1) is 5.95. The number of amides is 1. The van der Waals surface area contributed by atoms with Crippen LogP contribution in [0.1, 0.15) is 13.8 Å². The first-order valence-corrected chi connectivity index (χ1v) is 3.44. The summed E-state index contributed by atoms with van der Waals surface area (Å²) >= 11 is 0. The Morgan fingerprint density at radius 2 is 1.92 bits per heavy atom. The first-order valence-electron chi connectivity index (χ1n) is 3.44. The molecule has 0 fully saturated rings. The second kappa shape index (κ2) is 8.54. The molecule has 0 bridgehead atoms. The highest BCUT2D eigenvalue weighted by Crippen LogP contribution is 1.85. The first kappa shape index (κ1) is 14.0. The Morgan fingerprint density at radius 1 is 1.46 bits per heavy atom. The van der Waals surface area contributed by atoms with Gasteiger partial charge in [-0.05, 0) is 13.8 Å². The summed E-state index contributed by atoms with van der Waals surface area (Å²) in [5.74, 6) is 3.89. The van der Waals surface area contributed by atoms with Gasteiger partial charge in [-0.1, -0.05) is 6.58 Å². The van der Waals surface area contributed by atoms with Gasteiger partial charge in [0.15, 0.2) is 0 Å². The molecule has 13 heavy (non-hydrogen) atoms. The number of carbonyl (C=O) groups is 2. The third kappa shape index (κ3) is 13.4. The Labute approximate surface area is 76.4 Å². The van der Waals surface area contributed by atoms with Crippen molar-refractivity contribution in [2.24, 2.45) is 11.6 Å². The van der Waals surface area contributed by atoms with E-state index >= 15 is 0 Å². The van der Waals surface area contributed by atoms with E-state index in [4.69, 9.17) is 0 Å². The van der Waals surface area contributed by atoms with Crippen molar-refractivity contribution in [2.45, 2.75) is 13.8 Å². The second-order valence-corrected chi connectivity index (χ2v) is 1.94. The fraction of sp³-hybridized carbons (Fsp3) is 0.429. The van der Waals surface area contributed by atoms with Crippen LogP contribution in [0.5, 0.6) is 0 Å². The van der Waals surface area contributed by atoms with Crippen molar-refractivity contribution in [3.63, 3.8) is 0 Å². The molecule has 0 aliphatic rings. The van der Waals surface area contributed by atoms with Crippen LogP contribution in [0, 0.1) is 0 Å². The predicted molar refractivity (Wildman–Crippen MR) is 46.3 cm³/mol. The van der Waals surface area contributed by atoms with E-state index in [0.717, 1.165) is 0 Å². The number of hydrogen-bond acceptors (Lipinski definition) is 5. The summed E-state index contributed by atoms with van der Waals surface area (Å²) in [6.45, 7) is 6.85. The van der Waals surface area contributed by atoms with E-state index in [1.54, 1.807) is 6.92 Å². The molecule has 0 aromatic rings. The highest BCUT2D eigenvalue weighted by Gasteiger charge is 1.96. The number of rotatable bonds is 2. The molecule has 0 saturated carbocycles. The molecule has 0 rings (SSSR count). The number of hydrogen-bond donors (Lipinski definition) is 2. The fourth-order valence-electron chi connectivity index (χ4n) is 0.243. The van der Waals surface area contributed by atoms with Gasteiger partial charge in [0.25, 0.3) is 0 Å². The van der Waals surface area contributed by atoms with E-state index in [1.807, 2.05) is 0 Å². The van der Waals surface area contributed by atoms with Crippen LogP contribution < -0.4 is 11.6 Å². The summed E-state index contributed by atoms with van der Waals surface area (Å²) in [6, 6.07) is 0. The van der Waals surface area contributed by atoms with Gasteiger partial charge in [-0.2, -0.15) is 5.90 Å². The standard InChI is InChI=1S/C4H7NO2.C3H7NO2/c1-3(2)4(6)7-5;1-2-6-3(4)5/h1,5H2,2H3;2H2,1H3,(H2,4,5). The molecule has 4 N–H and O–H groups in total. The monoisotopic (exact) mass is 190 g/mol. The van der Waals surface area contributed by atoms with Gasteiger partial charge in [-0.15, -0.1) is 0 Å². The minimum Gasteiger partial charge on any atom is -0.450 e. The van der Waals surface area contributed by atoms with E-state index in [0.29, 0.717) is 12.2 Å². The molecule has 0 unspecified atom stereocenters. The minimum atomic E-state index is -0.711. The molecule has 0 aliphatic heterocycles. The van der Waals surface area contributed by atoms with Gasteiger partial charge in [0.1, 0.15) is 0 Å². The molecule has 0 aromatic heterocycles. The lowest BCUT2D eigenvalue weighted by atomic mass is 10.4. The molecule has 0 radical (unpaired) electrons. The maximum absolute atomic E-state index is 10.1. The Kier molecular flexibility index (Phi) is 9.19. The van der Waals surface area contributed by atoms with Gasteiger partial charge >= 0.3 is 12.1 Å². The van der Waals surface area contributed by atoms with E-state index in [9.17, 15) is 9.59 Å². The van der Waals surface area contributed by atoms with Crippen molar-refractivity contribution < 1.29 is 19.2 Å². The van der Waals surface area contributed by atoms with Gasteiger partial charge in [0.2, 0.25) is 0 Å². The summed E-state index contributed by atoms with van der Waals surface area (Å²) in [7, 11) is 0. The Hall–Kier alpha value is -1.56. The zero-order valence-corrected chi connectivity index (χ0v) is 7.70. The topological polar surface area (TPSA) is 105 Å². The molecule has 0 saturated heterocycles. The molecular weight excluding hydrogens is 176 g/mol. The van der Waals surface area contributed by atoms with Gasteiger partial charge in [-0.25, -0.2) is 9.59 Å². The lowest BCUT2D eigenvalue weighted by molar-refractivity contribution is -0.139. The SMILES string of the molecule is C=C(C)C(=O)ON.CCOC(N)=O. The Bertz CT molecular complexity index is 191. The molecule has 0 spiro atoms. The molecule has 76 valence electrons. The summed E-state index contributed by atoms with van der Waals surface area (Å²) in [5.41, 5.74) is 4.85. The Morgan fingerprint density at radius 3 is 1.92 bits per heavy atom. The lowest BCUT2D eigenvalue weighted by Crippen LogP contribution is -2.11. The van der Waals surface area contributed by atoms with Crippen molar-refractivity contribution in [2.75, 3.05) is 6.61 Å². The van der Waals surface area contributed by atoms with Crippen molar-refractivity contribution in [1.82, 2.24) is 0 Å². The van der Waals surface area contributed by atoms with Crippen LogP contribution in [-0.4, -0.2) is 18.7 Å². The highest BCUT2D eigenvalue weighted by molar-refractivity contribution is 5.86. The third-order valence-electron chi connectivity index (χ3n) is 0.742. The molecule has 6 heteroatoms. The summed E-state index contributed by atoms with van der Waals surface area (Å²) in [4.78, 5) is 23.4. The van der Waals surface area contributed by atoms with Crippen molar-refractivity contribution in [3.8, 4) is 0 Å². The predicted octanol–water partition coefficient (Wildman–Crippen LogP) is 0.0810. The van der Waals surface area contributed by atoms with Gasteiger partial charge in [-0.3, -0.25) is 0 Å². The molecule has 1 amide bonds. The summed E-state index contributed by atoms with van der Waals surface area (Å²) in [6.07, 6.45) is -0.711. The third-order valence-corrected chi connectivity index (χ3v) is 0.742. The van der Waals surface area contributed by atoms with Crippen molar-refractivity contribution in [1.29, 1.82) is 0 Å². The van der Waals surface area contributed by atoms with E-state index in [1.165, 1.54) is 6.92 Å². The summed E-state index contributed by atoms with van der Waals surface area (Å²) < 4.78 is 4.18. The van der Waals surface area contributed by atoms with Crippen LogP contribution in [0.2, 0.25) is 0 Å². The molecule has 6 nitrogen and oxygen atoms in total. The fourth-order valence-corrected chi connectivity index (χ4v) is 0.243. The molecule has 0 atom stereocenters. The zero-order chi connectivity index (χ0) is 10.9. The van der Waals surface area contributed by atoms with E-state index in [2.05, 4.69) is 27.8 Å². The van der Waals surface area contributed by atoms with Crippen LogP contribution in [0.3, 0.4) is 0 Å². The van der Waals surface area contributed by atoms with Crippen LogP contribution in [0.25, 0.3) is 0 Å². The van der Waals surface area contributed by atoms with Crippen LogP contribution in [0.4, 0.5) is 4.79 Å². The number of primary amides is 1. The van der Waals surface area contributed by atoms with E-state index in [-0.39, 0.29) is 0 Å². The van der Waals surface area contributed by atoms with Crippen LogP contribution in [-0.2, 0) is 14.4 Å². The number of ether oxygens (including phenoxy) is 1. The van der Waals surface area contributed by atoms with Gasteiger partial charge in [0, 0.05) is 5.57 Å². The largest absolute Gasteiger partial charge is 0.450 e. The summed E-state index contributed by atoms with van der Waals surface area (Å²) in [5, 5.41) is 0. The second-order valence-electron chi connectivity index (χ2n) is 1.94. The quantitative estimate of drug-likeness (QED) is 0.474. The number of carbonyl (C=O) groups excluding carboxylic acids is 2. The number of nitrogens with two attached hydrogens (primary N) is 2. The van der Waals surface area contributed by atoms with Crippen LogP contribution >= 0.6 is 0 Å². The highest BCUT2D eigenvalue weighted by atomic mass is 16.7. The molecule has 0 heterocycles. The minimum absolute atomic E-state index is 0.308. The molecular formula is C7H14N2O4. The van der Waals surface area contributed by atoms with Crippen molar-refractivity contribution >= 4 is 12.1 Å². The Balaban J connectivity index is 0. The normalized spacial score (nSPS) is 7.62. The maximum Gasteiger partial charge on any atom is 0.404 e. The van der Waals surface area contributed by atoms with Gasteiger partial charge < -0.3 is 15.3 Å². The average Bonchev–Trinajstić information content (AvgIpc) is 2.03. The molecule has 0 aliphatic carbocycles. The van der Waals surface area contributed by atoms with Crippen LogP contribution in [0.15, 0.2) is 12.2 Å². The average molecular weight is 190 g/mol. The maximum atomic E-state index is 10.1. The molecule has 0 aromatic carbocycles. The lowest BCUT2D eigenvalue weighted by Gasteiger charge is -1.90. The van der Waals surface area contributed by atoms with Gasteiger partial charge in [0.05, 0.1) is 6.61 Å².